The molecule has 0 unspecified atom stereocenters. The number of nitrogens with one attached hydrogen (secondary N) is 1. The van der Waals surface area contributed by atoms with Gasteiger partial charge in [-0.05, 0) is 12.1 Å². The van der Waals surface area contributed by atoms with Crippen LogP contribution in [0.5, 0.6) is 0 Å². The van der Waals surface area contributed by atoms with Gasteiger partial charge >= 0.3 is 0 Å². The smallest absolute Gasteiger partial charge is 0.161 e. The molecule has 1 heterocycles. The van der Waals surface area contributed by atoms with Crippen LogP contribution in [0.25, 0.3) is 0 Å². The average molecular weight is 196 g/mol. The number of rotatable bonds is 0. The second-order valence-corrected chi connectivity index (χ2v) is 4.39. The summed E-state index contributed by atoms with van der Waals surface area (Å²) in [4.78, 5) is 4.21. The monoisotopic (exact) mass is 196 g/mol. The van der Waals surface area contributed by atoms with Gasteiger partial charge < -0.3 is 5.32 Å². The van der Waals surface area contributed by atoms with Crippen LogP contribution < -0.4 is 5.32 Å². The topological polar surface area (TPSA) is 24.4 Å². The zero-order valence-electron chi connectivity index (χ0n) is 6.23. The van der Waals surface area contributed by atoms with Crippen LogP contribution in [0.15, 0.2) is 29.3 Å². The Morgan fingerprint density at radius 1 is 1.25 bits per heavy atom. The minimum absolute atomic E-state index is 0.631. The average Bonchev–Trinajstić information content (AvgIpc) is 2.02. The molecular weight excluding hydrogens is 188 g/mol. The molecule has 0 bridgehead atoms. The van der Waals surface area contributed by atoms with E-state index in [1.807, 2.05) is 24.3 Å². The van der Waals surface area contributed by atoms with Crippen LogP contribution in [0.1, 0.15) is 0 Å². The first-order valence-corrected chi connectivity index (χ1v) is 4.44. The second-order valence-electron chi connectivity index (χ2n) is 2.63. The number of thiol groups is 2. The van der Waals surface area contributed by atoms with Gasteiger partial charge in [0.05, 0.1) is 17.6 Å². The zero-order valence-corrected chi connectivity index (χ0v) is 8.02. The van der Waals surface area contributed by atoms with E-state index in [4.69, 9.17) is 0 Å². The van der Waals surface area contributed by atoms with Crippen molar-refractivity contribution in [3.05, 3.63) is 24.3 Å². The van der Waals surface area contributed by atoms with E-state index in [1.165, 1.54) is 0 Å². The number of para-hydroxylation sites is 2. The quantitative estimate of drug-likeness (QED) is 0.430. The Morgan fingerprint density at radius 2 is 2.00 bits per heavy atom. The fourth-order valence-corrected chi connectivity index (χ4v) is 1.44. The van der Waals surface area contributed by atoms with Crippen LogP contribution in [0.4, 0.5) is 11.4 Å². The molecule has 1 aromatic carbocycles. The van der Waals surface area contributed by atoms with E-state index < -0.39 is 4.20 Å². The largest absolute Gasteiger partial charge is 0.357 e. The predicted octanol–water partition coefficient (Wildman–Crippen LogP) is 2.33. The van der Waals surface area contributed by atoms with Gasteiger partial charge in [0.1, 0.15) is 0 Å². The molecule has 62 valence electrons. The zero-order chi connectivity index (χ0) is 8.60. The molecule has 1 aliphatic heterocycles. The van der Waals surface area contributed by atoms with E-state index in [-0.39, 0.29) is 0 Å². The first kappa shape index (κ1) is 8.01. The van der Waals surface area contributed by atoms with Crippen molar-refractivity contribution in [1.82, 2.24) is 0 Å². The summed E-state index contributed by atoms with van der Waals surface area (Å²) in [6.45, 7) is 0. The molecule has 1 N–H and O–H groups in total. The Bertz CT molecular complexity index is 334. The van der Waals surface area contributed by atoms with Crippen molar-refractivity contribution in [3.8, 4) is 0 Å². The van der Waals surface area contributed by atoms with Gasteiger partial charge in [0.15, 0.2) is 4.20 Å². The molecule has 0 amide bonds. The van der Waals surface area contributed by atoms with Crippen LogP contribution >= 0.6 is 25.3 Å². The van der Waals surface area contributed by atoms with Gasteiger partial charge in [0.25, 0.3) is 0 Å². The van der Waals surface area contributed by atoms with Crippen LogP contribution in [-0.4, -0.2) is 10.4 Å². The molecule has 0 aliphatic carbocycles. The van der Waals surface area contributed by atoms with Crippen molar-refractivity contribution in [2.75, 3.05) is 5.32 Å². The summed E-state index contributed by atoms with van der Waals surface area (Å²) in [5.41, 5.74) is 1.89. The molecule has 0 spiro atoms. The van der Waals surface area contributed by atoms with Crippen molar-refractivity contribution < 1.29 is 0 Å². The minimum atomic E-state index is -0.631. The standard InChI is InChI=1S/C8H8N2S2/c11-8(12)5-9-6-3-1-2-4-7(6)10-8/h1-5,10-12H. The van der Waals surface area contributed by atoms with Crippen LogP contribution in [0.2, 0.25) is 0 Å². The van der Waals surface area contributed by atoms with E-state index in [2.05, 4.69) is 35.6 Å². The normalized spacial score (nSPS) is 18.2. The van der Waals surface area contributed by atoms with Crippen LogP contribution in [0.3, 0.4) is 0 Å². The number of aliphatic imine (C=N–C) groups is 1. The van der Waals surface area contributed by atoms with Crippen molar-refractivity contribution in [2.45, 2.75) is 4.20 Å². The predicted molar refractivity (Wildman–Crippen MR) is 58.9 cm³/mol. The van der Waals surface area contributed by atoms with E-state index in [1.54, 1.807) is 6.21 Å². The van der Waals surface area contributed by atoms with Crippen molar-refractivity contribution in [1.29, 1.82) is 0 Å². The highest BCUT2D eigenvalue weighted by Gasteiger charge is 2.21. The molecule has 0 fully saturated rings. The summed E-state index contributed by atoms with van der Waals surface area (Å²) in [6, 6.07) is 7.79. The number of nitrogens with zero attached hydrogens (tertiary/aromatic N) is 1. The van der Waals surface area contributed by atoms with E-state index in [0.29, 0.717) is 0 Å². The van der Waals surface area contributed by atoms with Crippen molar-refractivity contribution >= 4 is 42.8 Å². The summed E-state index contributed by atoms with van der Waals surface area (Å²) < 4.78 is -0.631. The summed E-state index contributed by atoms with van der Waals surface area (Å²) in [5, 5.41) is 3.12. The summed E-state index contributed by atoms with van der Waals surface area (Å²) >= 11 is 8.49. The maximum absolute atomic E-state index is 4.25. The molecule has 12 heavy (non-hydrogen) atoms. The van der Waals surface area contributed by atoms with E-state index in [0.717, 1.165) is 11.4 Å². The Balaban J connectivity index is 2.46. The second kappa shape index (κ2) is 2.71. The van der Waals surface area contributed by atoms with Crippen molar-refractivity contribution in [3.63, 3.8) is 0 Å². The highest BCUT2D eigenvalue weighted by Crippen LogP contribution is 2.33. The molecule has 2 rings (SSSR count). The third-order valence-electron chi connectivity index (χ3n) is 1.61. The lowest BCUT2D eigenvalue weighted by atomic mass is 10.2. The molecule has 2 nitrogen and oxygen atoms in total. The summed E-state index contributed by atoms with van der Waals surface area (Å²) in [7, 11) is 0. The highest BCUT2D eigenvalue weighted by atomic mass is 32.2. The number of anilines is 1. The summed E-state index contributed by atoms with van der Waals surface area (Å²) in [6.07, 6.45) is 1.67. The fourth-order valence-electron chi connectivity index (χ4n) is 1.08. The molecule has 0 saturated carbocycles. The number of hydrogen-bond acceptors (Lipinski definition) is 4. The number of benzene rings is 1. The maximum Gasteiger partial charge on any atom is 0.161 e. The van der Waals surface area contributed by atoms with Gasteiger partial charge in [0, 0.05) is 0 Å². The molecule has 4 heteroatoms. The molecule has 0 aromatic heterocycles. The minimum Gasteiger partial charge on any atom is -0.357 e. The highest BCUT2D eigenvalue weighted by molar-refractivity contribution is 8.02. The third-order valence-corrected chi connectivity index (χ3v) is 2.06. The first-order valence-electron chi connectivity index (χ1n) is 3.55. The van der Waals surface area contributed by atoms with Crippen molar-refractivity contribution in [2.24, 2.45) is 4.99 Å². The Kier molecular flexibility index (Phi) is 1.81. The van der Waals surface area contributed by atoms with Gasteiger partial charge in [-0.3, -0.25) is 4.99 Å². The SMILES string of the molecule is SC1(S)C=Nc2ccccc2N1. The lowest BCUT2D eigenvalue weighted by molar-refractivity contribution is 1.23. The number of fused-ring (bicyclic) bond motifs is 1. The number of hydrogen-bond donors (Lipinski definition) is 3. The molecule has 1 aliphatic rings. The fraction of sp³-hybridized carbons (Fsp3) is 0.125. The molecule has 0 atom stereocenters. The molecule has 0 radical (unpaired) electrons. The van der Waals surface area contributed by atoms with Gasteiger partial charge in [-0.25, -0.2) is 0 Å². The lowest BCUT2D eigenvalue weighted by Gasteiger charge is -2.25. The van der Waals surface area contributed by atoms with E-state index >= 15 is 0 Å². The Morgan fingerprint density at radius 3 is 2.83 bits per heavy atom. The van der Waals surface area contributed by atoms with Crippen LogP contribution in [-0.2, 0) is 0 Å². The maximum atomic E-state index is 4.25. The van der Waals surface area contributed by atoms with E-state index in [9.17, 15) is 0 Å². The molecule has 0 saturated heterocycles. The van der Waals surface area contributed by atoms with Gasteiger partial charge in [-0.2, -0.15) is 0 Å². The lowest BCUT2D eigenvalue weighted by Crippen LogP contribution is -2.28. The first-order chi connectivity index (χ1) is 5.67. The Hall–Kier alpha value is -0.610. The van der Waals surface area contributed by atoms with Crippen LogP contribution in [0, 0.1) is 0 Å². The van der Waals surface area contributed by atoms with Gasteiger partial charge in [0.2, 0.25) is 0 Å². The molecular formula is C8H8N2S2. The summed E-state index contributed by atoms with van der Waals surface area (Å²) in [5.74, 6) is 0. The van der Waals surface area contributed by atoms with Gasteiger partial charge in [-0.15, -0.1) is 25.3 Å². The van der Waals surface area contributed by atoms with Gasteiger partial charge in [-0.1, -0.05) is 12.1 Å². The molecule has 1 aromatic rings. The third kappa shape index (κ3) is 1.44. The Labute approximate surface area is 81.9 Å².